The molecule has 0 unspecified atom stereocenters. The van der Waals surface area contributed by atoms with E-state index in [4.69, 9.17) is 0 Å². The van der Waals surface area contributed by atoms with Gasteiger partial charge in [0.25, 0.3) is 0 Å². The summed E-state index contributed by atoms with van der Waals surface area (Å²) in [5, 5.41) is 3.41. The highest BCUT2D eigenvalue weighted by molar-refractivity contribution is 9.10. The molecule has 0 atom stereocenters. The maximum absolute atomic E-state index is 12.7. The number of hydrogen-bond donors (Lipinski definition) is 1. The molecule has 4 nitrogen and oxygen atoms in total. The molecule has 26 heavy (non-hydrogen) atoms. The van der Waals surface area contributed by atoms with Crippen LogP contribution in [0.2, 0.25) is 0 Å². The molecule has 3 aromatic rings. The van der Waals surface area contributed by atoms with E-state index in [1.165, 1.54) is 18.3 Å². The van der Waals surface area contributed by atoms with Gasteiger partial charge in [-0.25, -0.2) is 4.98 Å². The molecule has 0 fully saturated rings. The van der Waals surface area contributed by atoms with Crippen LogP contribution in [0.3, 0.4) is 0 Å². The minimum absolute atomic E-state index is 0.341. The Bertz CT molecular complexity index is 978. The molecule has 8 heteroatoms. The summed E-state index contributed by atoms with van der Waals surface area (Å²) in [6.45, 7) is 3.76. The Labute approximate surface area is 155 Å². The smallest absolute Gasteiger partial charge is 0.327 e. The van der Waals surface area contributed by atoms with Gasteiger partial charge in [0.05, 0.1) is 17.4 Å². The second-order valence-electron chi connectivity index (χ2n) is 5.59. The molecule has 3 rings (SSSR count). The van der Waals surface area contributed by atoms with Crippen LogP contribution in [0.5, 0.6) is 0 Å². The molecule has 2 aromatic heterocycles. The molecule has 0 bridgehead atoms. The highest BCUT2D eigenvalue weighted by Gasteiger charge is 2.29. The van der Waals surface area contributed by atoms with Crippen LogP contribution in [0.1, 0.15) is 11.1 Å². The van der Waals surface area contributed by atoms with Crippen LogP contribution >= 0.6 is 15.9 Å². The molecule has 0 aliphatic heterocycles. The fourth-order valence-electron chi connectivity index (χ4n) is 2.51. The third kappa shape index (κ3) is 3.80. The molecule has 1 amide bonds. The van der Waals surface area contributed by atoms with Crippen LogP contribution < -0.4 is 5.32 Å². The number of nitrogens with one attached hydrogen (secondary N) is 1. The lowest BCUT2D eigenvalue weighted by Gasteiger charge is -2.09. The number of pyridine rings is 1. The zero-order chi connectivity index (χ0) is 18.9. The first-order chi connectivity index (χ1) is 12.3. The molecule has 0 aliphatic rings. The fraction of sp³-hybridized carbons (Fsp3) is 0.111. The van der Waals surface area contributed by atoms with E-state index in [9.17, 15) is 18.0 Å². The number of benzene rings is 1. The lowest BCUT2D eigenvalue weighted by molar-refractivity contribution is -0.137. The lowest BCUT2D eigenvalue weighted by atomic mass is 10.1. The Balaban J connectivity index is 1.89. The minimum atomic E-state index is -4.35. The maximum atomic E-state index is 12.7. The number of hydrogen-bond acceptors (Lipinski definition) is 2. The molecule has 0 saturated heterocycles. The van der Waals surface area contributed by atoms with Gasteiger partial charge in [-0.1, -0.05) is 18.7 Å². The molecule has 0 radical (unpaired) electrons. The summed E-state index contributed by atoms with van der Waals surface area (Å²) in [6.07, 6.45) is 0.123. The summed E-state index contributed by atoms with van der Waals surface area (Å²) in [4.78, 5) is 15.7. The van der Waals surface area contributed by atoms with Crippen molar-refractivity contribution in [3.8, 4) is 0 Å². The quantitative estimate of drug-likeness (QED) is 0.600. The van der Waals surface area contributed by atoms with Crippen molar-refractivity contribution in [2.45, 2.75) is 12.7 Å². The summed E-state index contributed by atoms with van der Waals surface area (Å²) >= 11 is 3.44. The van der Waals surface area contributed by atoms with Crippen molar-refractivity contribution in [1.82, 2.24) is 9.55 Å². The second-order valence-corrected chi connectivity index (χ2v) is 6.44. The van der Waals surface area contributed by atoms with Gasteiger partial charge < -0.3 is 9.88 Å². The number of fused-ring (bicyclic) bond motifs is 1. The number of carbonyl (C=O) groups excluding carboxylic acids is 1. The van der Waals surface area contributed by atoms with E-state index in [-0.39, 0.29) is 5.91 Å². The van der Waals surface area contributed by atoms with Gasteiger partial charge in [-0.3, -0.25) is 4.79 Å². The van der Waals surface area contributed by atoms with Crippen LogP contribution in [-0.4, -0.2) is 15.5 Å². The average Bonchev–Trinajstić information content (AvgIpc) is 2.90. The summed E-state index contributed by atoms with van der Waals surface area (Å²) in [5.41, 5.74) is 1.21. The molecular weight excluding hydrogens is 411 g/mol. The van der Waals surface area contributed by atoms with E-state index in [0.717, 1.165) is 28.1 Å². The van der Waals surface area contributed by atoms with Gasteiger partial charge in [0.2, 0.25) is 5.91 Å². The highest BCUT2D eigenvalue weighted by Crippen LogP contribution is 2.30. The zero-order valence-electron chi connectivity index (χ0n) is 13.3. The summed E-state index contributed by atoms with van der Waals surface area (Å²) in [5.74, 6) is -0.341. The zero-order valence-corrected chi connectivity index (χ0v) is 14.9. The van der Waals surface area contributed by atoms with Gasteiger partial charge in [0.15, 0.2) is 0 Å². The van der Waals surface area contributed by atoms with Crippen LogP contribution in [-0.2, 0) is 17.5 Å². The van der Waals surface area contributed by atoms with Crippen molar-refractivity contribution in [3.05, 3.63) is 71.0 Å². The maximum Gasteiger partial charge on any atom is 0.416 e. The normalized spacial score (nSPS) is 11.5. The van der Waals surface area contributed by atoms with Crippen molar-refractivity contribution < 1.29 is 18.0 Å². The highest BCUT2D eigenvalue weighted by atomic mass is 79.9. The lowest BCUT2D eigenvalue weighted by Crippen LogP contribution is -2.07. The van der Waals surface area contributed by atoms with Gasteiger partial charge in [-0.05, 0) is 45.8 Å². The first kappa shape index (κ1) is 18.2. The second kappa shape index (κ2) is 6.95. The van der Waals surface area contributed by atoms with Crippen LogP contribution in [0, 0.1) is 0 Å². The van der Waals surface area contributed by atoms with E-state index in [0.29, 0.717) is 23.4 Å². The van der Waals surface area contributed by atoms with Gasteiger partial charge in [0.1, 0.15) is 5.65 Å². The topological polar surface area (TPSA) is 46.9 Å². The summed E-state index contributed by atoms with van der Waals surface area (Å²) in [7, 11) is 0. The van der Waals surface area contributed by atoms with E-state index in [1.54, 1.807) is 12.3 Å². The first-order valence-electron chi connectivity index (χ1n) is 7.52. The Morgan fingerprint density at radius 1 is 1.31 bits per heavy atom. The Hall–Kier alpha value is -2.61. The largest absolute Gasteiger partial charge is 0.416 e. The monoisotopic (exact) mass is 423 g/mol. The predicted octanol–water partition coefficient (Wildman–Crippen LogP) is 4.99. The number of carbonyl (C=O) groups is 1. The molecular formula is C18H13BrF3N3O. The summed E-state index contributed by atoms with van der Waals surface area (Å²) < 4.78 is 40.5. The van der Waals surface area contributed by atoms with Crippen molar-refractivity contribution >= 4 is 38.6 Å². The fourth-order valence-corrected chi connectivity index (χ4v) is 3.05. The van der Waals surface area contributed by atoms with Gasteiger partial charge in [-0.15, -0.1) is 0 Å². The number of aromatic nitrogens is 2. The molecule has 2 heterocycles. The van der Waals surface area contributed by atoms with E-state index in [1.807, 2.05) is 4.57 Å². The molecule has 134 valence electrons. The average molecular weight is 424 g/mol. The van der Waals surface area contributed by atoms with Crippen molar-refractivity contribution in [2.75, 3.05) is 5.32 Å². The number of amides is 1. The number of halogens is 4. The van der Waals surface area contributed by atoms with Crippen LogP contribution in [0.4, 0.5) is 18.9 Å². The third-order valence-corrected chi connectivity index (χ3v) is 4.38. The molecule has 0 spiro atoms. The predicted molar refractivity (Wildman–Crippen MR) is 96.8 cm³/mol. The summed E-state index contributed by atoms with van der Waals surface area (Å²) in [6, 6.07) is 6.78. The van der Waals surface area contributed by atoms with Crippen molar-refractivity contribution in [2.24, 2.45) is 0 Å². The standard InChI is InChI=1S/C18H13BrF3N3O/c1-2-16(26)24-13-7-14-15(19)10-25(17(14)23-8-13)9-11-3-5-12(6-4-11)18(20,21)22/h2-8,10H,1,9H2,(H,24,26). The van der Waals surface area contributed by atoms with E-state index < -0.39 is 11.7 Å². The number of rotatable bonds is 4. The van der Waals surface area contributed by atoms with E-state index in [2.05, 4.69) is 32.8 Å². The van der Waals surface area contributed by atoms with E-state index >= 15 is 0 Å². The number of anilines is 1. The van der Waals surface area contributed by atoms with Crippen molar-refractivity contribution in [3.63, 3.8) is 0 Å². The third-order valence-electron chi connectivity index (χ3n) is 3.75. The first-order valence-corrected chi connectivity index (χ1v) is 8.31. The molecule has 0 aliphatic carbocycles. The van der Waals surface area contributed by atoms with Gasteiger partial charge >= 0.3 is 6.18 Å². The molecule has 0 saturated carbocycles. The van der Waals surface area contributed by atoms with Crippen LogP contribution in [0.15, 0.2) is 59.9 Å². The van der Waals surface area contributed by atoms with Crippen molar-refractivity contribution in [1.29, 1.82) is 0 Å². The Kier molecular flexibility index (Phi) is 4.86. The van der Waals surface area contributed by atoms with Crippen LogP contribution in [0.25, 0.3) is 11.0 Å². The molecule has 1 aromatic carbocycles. The minimum Gasteiger partial charge on any atom is -0.327 e. The number of nitrogens with zero attached hydrogens (tertiary/aromatic N) is 2. The van der Waals surface area contributed by atoms with Gasteiger partial charge in [0, 0.05) is 22.6 Å². The Morgan fingerprint density at radius 3 is 2.62 bits per heavy atom. The van der Waals surface area contributed by atoms with Gasteiger partial charge in [-0.2, -0.15) is 13.2 Å². The Morgan fingerprint density at radius 2 is 2.00 bits per heavy atom. The molecule has 1 N–H and O–H groups in total. The SMILES string of the molecule is C=CC(=O)Nc1cnc2c(c1)c(Br)cn2Cc1ccc(C(F)(F)F)cc1. The number of alkyl halides is 3.